The molecule has 0 saturated heterocycles. The predicted molar refractivity (Wildman–Crippen MR) is 104 cm³/mol. The fraction of sp³-hybridized carbons (Fsp3) is 0.550. The lowest BCUT2D eigenvalue weighted by molar-refractivity contribution is -0.137. The fourth-order valence-electron chi connectivity index (χ4n) is 3.10. The van der Waals surface area contributed by atoms with Crippen LogP contribution in [0.5, 0.6) is 5.75 Å². The van der Waals surface area contributed by atoms with Gasteiger partial charge in [0.15, 0.2) is 0 Å². The van der Waals surface area contributed by atoms with E-state index in [0.717, 1.165) is 56.2 Å². The minimum Gasteiger partial charge on any atom is -0.410 e. The maximum absolute atomic E-state index is 12.6. The summed E-state index contributed by atoms with van der Waals surface area (Å²) in [6.07, 6.45) is -0.753. The average Bonchev–Trinajstić information content (AvgIpc) is 2.66. The third-order valence-corrected chi connectivity index (χ3v) is 5.34. The SMILES string of the molecule is CN(C(=O)Oc1ccc(C(F)(F)F)cc1)C1CCC(C#CCCOS(C)(=O)=O)CC1. The molecule has 1 saturated carbocycles. The van der Waals surface area contributed by atoms with Crippen molar-refractivity contribution in [2.45, 2.75) is 44.3 Å². The van der Waals surface area contributed by atoms with E-state index in [4.69, 9.17) is 4.74 Å². The minimum absolute atomic E-state index is 0.0275. The van der Waals surface area contributed by atoms with Crippen LogP contribution in [0, 0.1) is 17.8 Å². The molecule has 0 radical (unpaired) electrons. The Morgan fingerprint density at radius 2 is 1.77 bits per heavy atom. The first-order valence-electron chi connectivity index (χ1n) is 9.40. The number of carbonyl (C=O) groups excluding carboxylic acids is 1. The van der Waals surface area contributed by atoms with Crippen molar-refractivity contribution >= 4 is 16.2 Å². The summed E-state index contributed by atoms with van der Waals surface area (Å²) in [6.45, 7) is 0.0275. The zero-order chi connectivity index (χ0) is 22.4. The van der Waals surface area contributed by atoms with Crippen LogP contribution in [0.1, 0.15) is 37.7 Å². The molecule has 0 atom stereocenters. The van der Waals surface area contributed by atoms with E-state index in [1.54, 1.807) is 7.05 Å². The van der Waals surface area contributed by atoms with Crippen LogP contribution >= 0.6 is 0 Å². The van der Waals surface area contributed by atoms with Gasteiger partial charge in [-0.3, -0.25) is 4.18 Å². The molecule has 0 aliphatic heterocycles. The van der Waals surface area contributed by atoms with Gasteiger partial charge in [0, 0.05) is 25.4 Å². The van der Waals surface area contributed by atoms with Crippen molar-refractivity contribution in [2.75, 3.05) is 19.9 Å². The van der Waals surface area contributed by atoms with Gasteiger partial charge in [-0.2, -0.15) is 21.6 Å². The van der Waals surface area contributed by atoms with Crippen LogP contribution in [-0.4, -0.2) is 45.4 Å². The van der Waals surface area contributed by atoms with Gasteiger partial charge in [-0.15, -0.1) is 5.92 Å². The lowest BCUT2D eigenvalue weighted by Crippen LogP contribution is -2.40. The standard InChI is InChI=1S/C20H24F3NO5S/c1-24(19(25)29-18-12-8-16(9-13-18)20(21,22)23)17-10-6-15(7-11-17)5-3-4-14-28-30(2,26)27/h8-9,12-13,15,17H,4,6-7,10-11,14H2,1-2H3. The van der Waals surface area contributed by atoms with Gasteiger partial charge in [0.05, 0.1) is 18.4 Å². The molecule has 0 bridgehead atoms. The molecule has 0 aromatic heterocycles. The molecule has 0 spiro atoms. The van der Waals surface area contributed by atoms with Crippen LogP contribution in [0.25, 0.3) is 0 Å². The molecule has 30 heavy (non-hydrogen) atoms. The van der Waals surface area contributed by atoms with Crippen LogP contribution in [0.15, 0.2) is 24.3 Å². The molecule has 1 aliphatic carbocycles. The van der Waals surface area contributed by atoms with E-state index in [1.165, 1.54) is 4.90 Å². The summed E-state index contributed by atoms with van der Waals surface area (Å²) in [4.78, 5) is 13.8. The Bertz CT molecular complexity index is 880. The highest BCUT2D eigenvalue weighted by molar-refractivity contribution is 7.85. The van der Waals surface area contributed by atoms with Crippen molar-refractivity contribution in [1.82, 2.24) is 4.90 Å². The van der Waals surface area contributed by atoms with Crippen molar-refractivity contribution in [3.63, 3.8) is 0 Å². The van der Waals surface area contributed by atoms with Crippen LogP contribution in [0.2, 0.25) is 0 Å². The van der Waals surface area contributed by atoms with Gasteiger partial charge in [-0.05, 0) is 49.9 Å². The highest BCUT2D eigenvalue weighted by Gasteiger charge is 2.30. The van der Waals surface area contributed by atoms with E-state index in [0.29, 0.717) is 6.42 Å². The minimum atomic E-state index is -4.44. The van der Waals surface area contributed by atoms with E-state index < -0.39 is 28.0 Å². The van der Waals surface area contributed by atoms with E-state index >= 15 is 0 Å². The zero-order valence-corrected chi connectivity index (χ0v) is 17.6. The largest absolute Gasteiger partial charge is 0.416 e. The molecule has 1 aromatic carbocycles. The Hall–Kier alpha value is -2.25. The third kappa shape index (κ3) is 7.88. The molecule has 166 valence electrons. The molecule has 1 fully saturated rings. The fourth-order valence-corrected chi connectivity index (χ4v) is 3.49. The summed E-state index contributed by atoms with van der Waals surface area (Å²) >= 11 is 0. The third-order valence-electron chi connectivity index (χ3n) is 4.75. The first kappa shape index (κ1) is 24.0. The van der Waals surface area contributed by atoms with Crippen LogP contribution in [-0.2, 0) is 20.5 Å². The maximum atomic E-state index is 12.6. The molecular weight excluding hydrogens is 423 g/mol. The summed E-state index contributed by atoms with van der Waals surface area (Å²) < 4.78 is 69.3. The molecule has 0 heterocycles. The van der Waals surface area contributed by atoms with E-state index in [-0.39, 0.29) is 24.3 Å². The monoisotopic (exact) mass is 447 g/mol. The molecule has 6 nitrogen and oxygen atoms in total. The smallest absolute Gasteiger partial charge is 0.410 e. The highest BCUT2D eigenvalue weighted by Crippen LogP contribution is 2.31. The van der Waals surface area contributed by atoms with Gasteiger partial charge in [-0.1, -0.05) is 5.92 Å². The van der Waals surface area contributed by atoms with Gasteiger partial charge >= 0.3 is 12.3 Å². The average molecular weight is 447 g/mol. The number of benzene rings is 1. The van der Waals surface area contributed by atoms with Gasteiger partial charge < -0.3 is 9.64 Å². The zero-order valence-electron chi connectivity index (χ0n) is 16.7. The number of halogens is 3. The maximum Gasteiger partial charge on any atom is 0.416 e. The van der Waals surface area contributed by atoms with Crippen molar-refractivity contribution in [1.29, 1.82) is 0 Å². The number of alkyl halides is 3. The molecule has 1 aromatic rings. The Morgan fingerprint density at radius 1 is 1.17 bits per heavy atom. The predicted octanol–water partition coefficient (Wildman–Crippen LogP) is 4.06. The first-order chi connectivity index (χ1) is 14.0. The molecule has 1 amide bonds. The Balaban J connectivity index is 1.78. The summed E-state index contributed by atoms with van der Waals surface area (Å²) in [7, 11) is -1.85. The number of hydrogen-bond acceptors (Lipinski definition) is 5. The summed E-state index contributed by atoms with van der Waals surface area (Å²) in [5.41, 5.74) is -0.807. The van der Waals surface area contributed by atoms with Gasteiger partial charge in [0.2, 0.25) is 0 Å². The normalized spacial score (nSPS) is 19.5. The van der Waals surface area contributed by atoms with Crippen LogP contribution in [0.4, 0.5) is 18.0 Å². The second kappa shape index (κ2) is 10.2. The Morgan fingerprint density at radius 3 is 2.30 bits per heavy atom. The lowest BCUT2D eigenvalue weighted by Gasteiger charge is -2.32. The van der Waals surface area contributed by atoms with Gasteiger partial charge in [-0.25, -0.2) is 4.79 Å². The number of carbonyl (C=O) groups is 1. The number of rotatable bonds is 5. The topological polar surface area (TPSA) is 72.9 Å². The number of ether oxygens (including phenoxy) is 1. The molecule has 0 unspecified atom stereocenters. The van der Waals surface area contributed by atoms with Gasteiger partial charge in [0.1, 0.15) is 5.75 Å². The Kier molecular flexibility index (Phi) is 8.15. The summed E-state index contributed by atoms with van der Waals surface area (Å²) in [5.74, 6) is 6.24. The van der Waals surface area contributed by atoms with E-state index in [1.807, 2.05) is 0 Å². The van der Waals surface area contributed by atoms with Crippen LogP contribution in [0.3, 0.4) is 0 Å². The lowest BCUT2D eigenvalue weighted by atomic mass is 9.86. The molecular formula is C20H24F3NO5S. The number of hydrogen-bond donors (Lipinski definition) is 0. The summed E-state index contributed by atoms with van der Waals surface area (Å²) in [6, 6.07) is 3.93. The van der Waals surface area contributed by atoms with Crippen molar-refractivity contribution in [3.8, 4) is 17.6 Å². The van der Waals surface area contributed by atoms with Crippen molar-refractivity contribution < 1.29 is 35.3 Å². The molecule has 1 aliphatic rings. The molecule has 10 heteroatoms. The summed E-state index contributed by atoms with van der Waals surface area (Å²) in [5, 5.41) is 0. The van der Waals surface area contributed by atoms with Crippen LogP contribution < -0.4 is 4.74 Å². The van der Waals surface area contributed by atoms with Gasteiger partial charge in [0.25, 0.3) is 10.1 Å². The van der Waals surface area contributed by atoms with E-state index in [2.05, 4.69) is 16.0 Å². The molecule has 0 N–H and O–H groups in total. The highest BCUT2D eigenvalue weighted by atomic mass is 32.2. The number of nitrogens with zero attached hydrogens (tertiary/aromatic N) is 1. The van der Waals surface area contributed by atoms with E-state index in [9.17, 15) is 26.4 Å². The second-order valence-corrected chi connectivity index (χ2v) is 8.75. The number of amides is 1. The molecule has 2 rings (SSSR count). The van der Waals surface area contributed by atoms with Crippen molar-refractivity contribution in [2.24, 2.45) is 5.92 Å². The Labute approximate surface area is 174 Å². The van der Waals surface area contributed by atoms with Crippen molar-refractivity contribution in [3.05, 3.63) is 29.8 Å². The quantitative estimate of drug-likeness (QED) is 0.387. The first-order valence-corrected chi connectivity index (χ1v) is 11.2. The second-order valence-electron chi connectivity index (χ2n) is 7.10.